The average Bonchev–Trinajstić information content (AvgIpc) is 3.33. The number of benzene rings is 2. The zero-order valence-corrected chi connectivity index (χ0v) is 19.2. The van der Waals surface area contributed by atoms with E-state index in [2.05, 4.69) is 26.3 Å². The number of nitrogens with one attached hydrogen (secondary N) is 2. The van der Waals surface area contributed by atoms with E-state index in [-0.39, 0.29) is 30.7 Å². The molecule has 3 heterocycles. The van der Waals surface area contributed by atoms with Crippen LogP contribution in [0.1, 0.15) is 12.5 Å². The minimum atomic E-state index is -0.922. The van der Waals surface area contributed by atoms with E-state index in [1.165, 1.54) is 12.3 Å². The number of aliphatic imine (C=N–C) groups is 1. The molecule has 8 nitrogen and oxygen atoms in total. The summed E-state index contributed by atoms with van der Waals surface area (Å²) in [5.74, 6) is -2.20. The van der Waals surface area contributed by atoms with Gasteiger partial charge in [-0.1, -0.05) is 19.1 Å². The lowest BCUT2D eigenvalue weighted by molar-refractivity contribution is 0.0706. The van der Waals surface area contributed by atoms with Crippen LogP contribution in [0, 0.1) is 28.4 Å². The number of rotatable bonds is 5. The monoisotopic (exact) mass is 489 g/mol. The molecule has 0 saturated carbocycles. The Morgan fingerprint density at radius 3 is 2.61 bits per heavy atom. The smallest absolute Gasteiger partial charge is 0.289 e. The molecule has 1 unspecified atom stereocenters. The van der Waals surface area contributed by atoms with Gasteiger partial charge in [-0.3, -0.25) is 0 Å². The Morgan fingerprint density at radius 2 is 1.97 bits per heavy atom. The van der Waals surface area contributed by atoms with Crippen molar-refractivity contribution in [1.82, 2.24) is 9.97 Å². The number of aliphatic hydroxyl groups excluding tert-OH is 1. The Balaban J connectivity index is 1.43. The number of H-pyrrole nitrogens is 1. The van der Waals surface area contributed by atoms with Crippen LogP contribution in [0.5, 0.6) is 11.5 Å². The highest BCUT2D eigenvalue weighted by Gasteiger charge is 2.29. The first kappa shape index (κ1) is 23.3. The van der Waals surface area contributed by atoms with E-state index in [4.69, 9.17) is 14.7 Å². The number of anilines is 1. The largest absolute Gasteiger partial charge is 0.464 e. The van der Waals surface area contributed by atoms with Gasteiger partial charge >= 0.3 is 0 Å². The molecule has 0 saturated heterocycles. The van der Waals surface area contributed by atoms with Crippen LogP contribution in [-0.4, -0.2) is 40.9 Å². The molecule has 1 atom stereocenters. The Bertz CT molecular complexity index is 1490. The van der Waals surface area contributed by atoms with Crippen LogP contribution < -0.4 is 10.1 Å². The maximum atomic E-state index is 15.0. The van der Waals surface area contributed by atoms with E-state index in [1.807, 2.05) is 6.92 Å². The molecule has 0 radical (unpaired) electrons. The number of aliphatic hydroxyl groups is 1. The quantitative estimate of drug-likeness (QED) is 0.365. The Labute approximate surface area is 204 Å². The number of halogens is 2. The van der Waals surface area contributed by atoms with Crippen LogP contribution in [0.2, 0.25) is 0 Å². The minimum Gasteiger partial charge on any atom is -0.464 e. The normalized spacial score (nSPS) is 17.2. The third-order valence-corrected chi connectivity index (χ3v) is 5.87. The number of ether oxygens (including phenoxy) is 2. The van der Waals surface area contributed by atoms with E-state index < -0.39 is 22.8 Å². The van der Waals surface area contributed by atoms with Crippen molar-refractivity contribution < 1.29 is 23.4 Å². The lowest BCUT2D eigenvalue weighted by atomic mass is 9.93. The number of nitrogens with zero attached hydrogens (tertiary/aromatic N) is 3. The van der Waals surface area contributed by atoms with Gasteiger partial charge in [-0.05, 0) is 23.8 Å². The van der Waals surface area contributed by atoms with Gasteiger partial charge in [0.25, 0.3) is 6.02 Å². The summed E-state index contributed by atoms with van der Waals surface area (Å²) < 4.78 is 41.2. The van der Waals surface area contributed by atoms with E-state index >= 15 is 0 Å². The van der Waals surface area contributed by atoms with Gasteiger partial charge in [0.05, 0.1) is 30.2 Å². The number of aromatic amines is 1. The summed E-state index contributed by atoms with van der Waals surface area (Å²) in [5, 5.41) is 21.8. The van der Waals surface area contributed by atoms with Gasteiger partial charge < -0.3 is 24.9 Å². The SMILES string of the molecule is CC1(CO)CN=C(Nc2cc(F)c(Oc3ccnc4[nH]cc(-c5ccc(C#N)cc5)c34)c(F)c2)OC1. The molecule has 0 fully saturated rings. The molecule has 182 valence electrons. The topological polar surface area (TPSA) is 116 Å². The molecule has 10 heteroatoms. The first-order valence-electron chi connectivity index (χ1n) is 11.1. The zero-order valence-electron chi connectivity index (χ0n) is 19.2. The predicted octanol–water partition coefficient (Wildman–Crippen LogP) is 4.97. The fraction of sp³-hybridized carbons (Fsp3) is 0.192. The first-order chi connectivity index (χ1) is 17.4. The van der Waals surface area contributed by atoms with Gasteiger partial charge in [0, 0.05) is 41.2 Å². The van der Waals surface area contributed by atoms with Crippen LogP contribution >= 0.6 is 0 Å². The highest BCUT2D eigenvalue weighted by molar-refractivity contribution is 5.98. The maximum Gasteiger partial charge on any atom is 0.289 e. The molecule has 0 amide bonds. The van der Waals surface area contributed by atoms with E-state index in [0.717, 1.165) is 17.7 Å². The molecule has 0 aliphatic carbocycles. The van der Waals surface area contributed by atoms with Gasteiger partial charge in [-0.25, -0.2) is 18.8 Å². The molecule has 1 aliphatic heterocycles. The molecule has 0 bridgehead atoms. The van der Waals surface area contributed by atoms with Crippen molar-refractivity contribution in [1.29, 1.82) is 5.26 Å². The molecule has 2 aromatic heterocycles. The van der Waals surface area contributed by atoms with Gasteiger partial charge in [-0.15, -0.1) is 0 Å². The summed E-state index contributed by atoms with van der Waals surface area (Å²) in [6.07, 6.45) is 3.19. The van der Waals surface area contributed by atoms with Crippen LogP contribution in [-0.2, 0) is 4.74 Å². The van der Waals surface area contributed by atoms with E-state index in [1.54, 1.807) is 30.5 Å². The number of aromatic nitrogens is 2. The zero-order chi connectivity index (χ0) is 25.3. The van der Waals surface area contributed by atoms with Crippen molar-refractivity contribution in [3.8, 4) is 28.7 Å². The van der Waals surface area contributed by atoms with Gasteiger partial charge in [-0.2, -0.15) is 5.26 Å². The number of nitriles is 1. The van der Waals surface area contributed by atoms with Crippen LogP contribution in [0.3, 0.4) is 0 Å². The Hall–Kier alpha value is -4.49. The van der Waals surface area contributed by atoms with Gasteiger partial charge in [0.2, 0.25) is 0 Å². The van der Waals surface area contributed by atoms with Gasteiger partial charge in [0.1, 0.15) is 18.0 Å². The molecule has 2 aromatic carbocycles. The second kappa shape index (κ2) is 9.28. The maximum absolute atomic E-state index is 15.0. The second-order valence-electron chi connectivity index (χ2n) is 8.80. The lowest BCUT2D eigenvalue weighted by Crippen LogP contribution is -2.38. The Kier molecular flexibility index (Phi) is 6.00. The molecular weight excluding hydrogens is 468 g/mol. The summed E-state index contributed by atoms with van der Waals surface area (Å²) in [7, 11) is 0. The fourth-order valence-corrected chi connectivity index (χ4v) is 3.79. The number of amidine groups is 1. The highest BCUT2D eigenvalue weighted by atomic mass is 19.1. The first-order valence-corrected chi connectivity index (χ1v) is 11.1. The Morgan fingerprint density at radius 1 is 1.22 bits per heavy atom. The molecule has 5 rings (SSSR count). The molecule has 4 aromatic rings. The summed E-state index contributed by atoms with van der Waals surface area (Å²) in [6.45, 7) is 2.27. The summed E-state index contributed by atoms with van der Waals surface area (Å²) in [5.41, 5.74) is 2.09. The average molecular weight is 489 g/mol. The molecule has 36 heavy (non-hydrogen) atoms. The summed E-state index contributed by atoms with van der Waals surface area (Å²) >= 11 is 0. The van der Waals surface area contributed by atoms with Crippen molar-refractivity contribution in [2.24, 2.45) is 10.4 Å². The number of hydrogen-bond acceptors (Lipinski definition) is 7. The number of pyridine rings is 1. The third kappa shape index (κ3) is 4.44. The third-order valence-electron chi connectivity index (χ3n) is 5.87. The number of hydrogen-bond donors (Lipinski definition) is 3. The fourth-order valence-electron chi connectivity index (χ4n) is 3.79. The van der Waals surface area contributed by atoms with E-state index in [9.17, 15) is 13.9 Å². The molecule has 3 N–H and O–H groups in total. The van der Waals surface area contributed by atoms with Crippen LogP contribution in [0.25, 0.3) is 22.2 Å². The van der Waals surface area contributed by atoms with E-state index in [0.29, 0.717) is 28.7 Å². The van der Waals surface area contributed by atoms with Crippen LogP contribution in [0.15, 0.2) is 59.9 Å². The van der Waals surface area contributed by atoms with Crippen LogP contribution in [0.4, 0.5) is 14.5 Å². The van der Waals surface area contributed by atoms with Crippen molar-refractivity contribution >= 4 is 22.7 Å². The molecule has 0 spiro atoms. The highest BCUT2D eigenvalue weighted by Crippen LogP contribution is 2.38. The lowest BCUT2D eigenvalue weighted by Gasteiger charge is -2.30. The summed E-state index contributed by atoms with van der Waals surface area (Å²) in [6, 6.07) is 12.8. The van der Waals surface area contributed by atoms with Crippen molar-refractivity contribution in [3.05, 3.63) is 72.1 Å². The minimum absolute atomic E-state index is 0.0879. The van der Waals surface area contributed by atoms with Crippen molar-refractivity contribution in [2.75, 3.05) is 25.1 Å². The summed E-state index contributed by atoms with van der Waals surface area (Å²) in [4.78, 5) is 11.5. The second-order valence-corrected chi connectivity index (χ2v) is 8.80. The van der Waals surface area contributed by atoms with Crippen molar-refractivity contribution in [2.45, 2.75) is 6.92 Å². The molecular formula is C26H21F2N5O3. The number of fused-ring (bicyclic) bond motifs is 1. The standard InChI is InChI=1S/C26H21F2N5O3/c1-26(13-34)12-32-25(35-14-26)33-17-8-19(27)23(20(28)9-17)36-21-6-7-30-24-22(21)18(11-31-24)16-4-2-15(10-29)3-5-16/h2-9,11,34H,12-14H2,1H3,(H,30,31)(H,32,33). The predicted molar refractivity (Wildman–Crippen MR) is 130 cm³/mol. The van der Waals surface area contributed by atoms with Crippen molar-refractivity contribution in [3.63, 3.8) is 0 Å². The van der Waals surface area contributed by atoms with Gasteiger partial charge in [0.15, 0.2) is 17.4 Å². The molecule has 1 aliphatic rings.